The largest absolute Gasteiger partial charge is 0.426 e. The molecule has 4 nitrogen and oxygen atoms in total. The Morgan fingerprint density at radius 2 is 1.50 bits per heavy atom. The van der Waals surface area contributed by atoms with Crippen LogP contribution in [0.3, 0.4) is 0 Å². The lowest BCUT2D eigenvalue weighted by Crippen LogP contribution is -2.41. The van der Waals surface area contributed by atoms with Crippen LogP contribution in [-0.2, 0) is 4.79 Å². The summed E-state index contributed by atoms with van der Waals surface area (Å²) < 4.78 is 6.30. The molecule has 0 unspecified atom stereocenters. The molecule has 0 aliphatic carbocycles. The number of carbonyl (C=O) groups excluding carboxylic acids is 3. The van der Waals surface area contributed by atoms with Gasteiger partial charge in [-0.1, -0.05) is 83.5 Å². The minimum absolute atomic E-state index is 0.118. The molecule has 3 atom stereocenters. The van der Waals surface area contributed by atoms with Crippen molar-refractivity contribution in [3.8, 4) is 5.75 Å². The number of hydrogen-bond acceptors (Lipinski definition) is 4. The molecule has 0 spiro atoms. The van der Waals surface area contributed by atoms with Crippen molar-refractivity contribution in [1.29, 1.82) is 0 Å². The second-order valence-corrected chi connectivity index (χ2v) is 8.27. The van der Waals surface area contributed by atoms with Crippen LogP contribution in [0.2, 0.25) is 0 Å². The lowest BCUT2D eigenvalue weighted by atomic mass is 9.71. The first-order valence-electron chi connectivity index (χ1n) is 9.67. The standard InChI is InChI=1S/C25H19BrO4/c1-15(23(27)16-8-4-2-5-9-16)21-19-14-18(26)12-13-20(19)30-25(29)22(21)24(28)17-10-6-3-7-11-17/h2-15,21-22H,1H3/t15-,21+,22+/m0/s1. The fraction of sp³-hybridized carbons (Fsp3) is 0.160. The highest BCUT2D eigenvalue weighted by atomic mass is 79.9. The van der Waals surface area contributed by atoms with Crippen molar-refractivity contribution in [2.45, 2.75) is 12.8 Å². The summed E-state index contributed by atoms with van der Waals surface area (Å²) in [7, 11) is 0. The molecule has 0 bridgehead atoms. The number of Topliss-reactive ketones (excluding diaryl/α,β-unsaturated/α-hetero) is 2. The van der Waals surface area contributed by atoms with Crippen LogP contribution in [0.1, 0.15) is 39.1 Å². The number of hydrogen-bond donors (Lipinski definition) is 0. The predicted molar refractivity (Wildman–Crippen MR) is 117 cm³/mol. The van der Waals surface area contributed by atoms with Crippen molar-refractivity contribution >= 4 is 33.5 Å². The van der Waals surface area contributed by atoms with E-state index in [1.165, 1.54) is 0 Å². The minimum atomic E-state index is -1.10. The van der Waals surface area contributed by atoms with Crippen molar-refractivity contribution in [3.05, 3.63) is 100 Å². The van der Waals surface area contributed by atoms with Crippen molar-refractivity contribution in [2.75, 3.05) is 0 Å². The van der Waals surface area contributed by atoms with E-state index in [0.29, 0.717) is 22.4 Å². The summed E-state index contributed by atoms with van der Waals surface area (Å²) in [5.41, 5.74) is 1.64. The summed E-state index contributed by atoms with van der Waals surface area (Å²) in [4.78, 5) is 39.6. The molecule has 1 heterocycles. The number of halogens is 1. The van der Waals surface area contributed by atoms with E-state index in [-0.39, 0.29) is 11.6 Å². The van der Waals surface area contributed by atoms with Crippen LogP contribution in [-0.4, -0.2) is 17.5 Å². The third kappa shape index (κ3) is 3.73. The lowest BCUT2D eigenvalue weighted by Gasteiger charge is -2.34. The number of fused-ring (bicyclic) bond motifs is 1. The monoisotopic (exact) mass is 462 g/mol. The molecule has 3 aromatic carbocycles. The summed E-state index contributed by atoms with van der Waals surface area (Å²) in [6.45, 7) is 1.77. The Balaban J connectivity index is 1.82. The Bertz CT molecular complexity index is 1110. The van der Waals surface area contributed by atoms with E-state index in [1.807, 2.05) is 12.1 Å². The van der Waals surface area contributed by atoms with Crippen LogP contribution in [0, 0.1) is 11.8 Å². The predicted octanol–water partition coefficient (Wildman–Crippen LogP) is 5.47. The van der Waals surface area contributed by atoms with Gasteiger partial charge in [-0.25, -0.2) is 0 Å². The Morgan fingerprint density at radius 3 is 2.13 bits per heavy atom. The molecular formula is C25H19BrO4. The number of esters is 1. The van der Waals surface area contributed by atoms with Gasteiger partial charge in [0.05, 0.1) is 0 Å². The molecule has 0 fully saturated rings. The van der Waals surface area contributed by atoms with Crippen molar-refractivity contribution in [3.63, 3.8) is 0 Å². The Kier molecular flexibility index (Phi) is 5.64. The van der Waals surface area contributed by atoms with Gasteiger partial charge in [0.25, 0.3) is 0 Å². The number of ether oxygens (including phenoxy) is 1. The van der Waals surface area contributed by atoms with Crippen LogP contribution in [0.4, 0.5) is 0 Å². The quantitative estimate of drug-likeness (QED) is 0.218. The van der Waals surface area contributed by atoms with Crippen LogP contribution in [0.15, 0.2) is 83.3 Å². The fourth-order valence-corrected chi connectivity index (χ4v) is 4.39. The normalized spacial score (nSPS) is 18.8. The van der Waals surface area contributed by atoms with E-state index in [0.717, 1.165) is 4.47 Å². The van der Waals surface area contributed by atoms with Gasteiger partial charge in [-0.15, -0.1) is 0 Å². The van der Waals surface area contributed by atoms with Gasteiger partial charge in [0.15, 0.2) is 11.6 Å². The molecule has 0 amide bonds. The molecule has 0 aromatic heterocycles. The number of rotatable bonds is 5. The summed E-state index contributed by atoms with van der Waals surface area (Å²) in [6.07, 6.45) is 0. The van der Waals surface area contributed by atoms with E-state index < -0.39 is 23.7 Å². The zero-order valence-electron chi connectivity index (χ0n) is 16.2. The molecule has 30 heavy (non-hydrogen) atoms. The van der Waals surface area contributed by atoms with Gasteiger partial charge in [-0.05, 0) is 18.2 Å². The van der Waals surface area contributed by atoms with Gasteiger partial charge >= 0.3 is 5.97 Å². The summed E-state index contributed by atoms with van der Waals surface area (Å²) in [5.74, 6) is -3.05. The average molecular weight is 463 g/mol. The van der Waals surface area contributed by atoms with E-state index in [1.54, 1.807) is 73.7 Å². The van der Waals surface area contributed by atoms with Crippen LogP contribution >= 0.6 is 15.9 Å². The second kappa shape index (κ2) is 8.36. The Labute approximate surface area is 183 Å². The molecule has 0 radical (unpaired) electrons. The average Bonchev–Trinajstić information content (AvgIpc) is 2.78. The van der Waals surface area contributed by atoms with Crippen molar-refractivity contribution in [1.82, 2.24) is 0 Å². The summed E-state index contributed by atoms with van der Waals surface area (Å²) in [5, 5.41) is 0. The van der Waals surface area contributed by atoms with Crippen molar-refractivity contribution < 1.29 is 19.1 Å². The SMILES string of the molecule is C[C@H](C(=O)c1ccccc1)[C@@H]1c2cc(Br)ccc2OC(=O)[C@H]1C(=O)c1ccccc1. The Morgan fingerprint density at radius 1 is 0.900 bits per heavy atom. The zero-order chi connectivity index (χ0) is 21.3. The van der Waals surface area contributed by atoms with E-state index in [9.17, 15) is 14.4 Å². The molecule has 5 heteroatoms. The molecule has 0 saturated heterocycles. The van der Waals surface area contributed by atoms with Gasteiger partial charge in [0.2, 0.25) is 0 Å². The molecule has 1 aliphatic heterocycles. The highest BCUT2D eigenvalue weighted by Gasteiger charge is 2.47. The smallest absolute Gasteiger partial charge is 0.322 e. The van der Waals surface area contributed by atoms with Gasteiger partial charge in [-0.2, -0.15) is 0 Å². The van der Waals surface area contributed by atoms with E-state index >= 15 is 0 Å². The maximum atomic E-state index is 13.4. The maximum absolute atomic E-state index is 13.4. The number of ketones is 2. The second-order valence-electron chi connectivity index (χ2n) is 7.36. The number of carbonyl (C=O) groups is 3. The van der Waals surface area contributed by atoms with Gasteiger partial charge in [-0.3, -0.25) is 14.4 Å². The zero-order valence-corrected chi connectivity index (χ0v) is 17.8. The van der Waals surface area contributed by atoms with Gasteiger partial charge in [0, 0.05) is 33.0 Å². The summed E-state index contributed by atoms with van der Waals surface area (Å²) in [6, 6.07) is 22.9. The first-order chi connectivity index (χ1) is 14.5. The van der Waals surface area contributed by atoms with Crippen LogP contribution in [0.5, 0.6) is 5.75 Å². The van der Waals surface area contributed by atoms with E-state index in [2.05, 4.69) is 15.9 Å². The molecule has 0 saturated carbocycles. The first-order valence-corrected chi connectivity index (χ1v) is 10.5. The van der Waals surface area contributed by atoms with Crippen molar-refractivity contribution in [2.24, 2.45) is 11.8 Å². The lowest BCUT2D eigenvalue weighted by molar-refractivity contribution is -0.139. The van der Waals surface area contributed by atoms with Crippen LogP contribution < -0.4 is 4.74 Å². The van der Waals surface area contributed by atoms with Gasteiger partial charge in [0.1, 0.15) is 11.7 Å². The number of benzene rings is 3. The molecule has 3 aromatic rings. The van der Waals surface area contributed by atoms with Crippen LogP contribution in [0.25, 0.3) is 0 Å². The molecule has 1 aliphatic rings. The third-order valence-electron chi connectivity index (χ3n) is 5.51. The first kappa shape index (κ1) is 20.2. The fourth-order valence-electron chi connectivity index (χ4n) is 4.01. The molecular weight excluding hydrogens is 444 g/mol. The molecule has 150 valence electrons. The molecule has 0 N–H and O–H groups in total. The minimum Gasteiger partial charge on any atom is -0.426 e. The summed E-state index contributed by atoms with van der Waals surface area (Å²) >= 11 is 3.46. The topological polar surface area (TPSA) is 60.4 Å². The highest BCUT2D eigenvalue weighted by molar-refractivity contribution is 9.10. The Hall–Kier alpha value is -3.05. The highest BCUT2D eigenvalue weighted by Crippen LogP contribution is 2.45. The van der Waals surface area contributed by atoms with E-state index in [4.69, 9.17) is 4.74 Å². The van der Waals surface area contributed by atoms with Gasteiger partial charge < -0.3 is 4.74 Å². The third-order valence-corrected chi connectivity index (χ3v) is 6.00. The molecule has 4 rings (SSSR count). The maximum Gasteiger partial charge on any atom is 0.322 e.